The minimum Gasteiger partial charge on any atom is -0.494 e. The molecule has 6 heteroatoms. The molecule has 0 bridgehead atoms. The van der Waals surface area contributed by atoms with Gasteiger partial charge in [-0.25, -0.2) is 0 Å². The average Bonchev–Trinajstić information content (AvgIpc) is 2.61. The maximum atomic E-state index is 12.4. The fourth-order valence-electron chi connectivity index (χ4n) is 2.67. The highest BCUT2D eigenvalue weighted by Gasteiger charge is 2.32. The standard InChI is InChI=1S/C19H20N2O4/c1-3-24-15-10-8-14(9-11-15)20-18(22)12-21-16-6-4-5-7-17(16)25-13(2)19(21)23/h4-11,13H,3,12H2,1-2H3,(H,20,22). The van der Waals surface area contributed by atoms with Gasteiger partial charge in [0.2, 0.25) is 5.91 Å². The Hall–Kier alpha value is -3.02. The second-order valence-electron chi connectivity index (χ2n) is 5.66. The largest absolute Gasteiger partial charge is 0.494 e. The minimum absolute atomic E-state index is 0.0727. The summed E-state index contributed by atoms with van der Waals surface area (Å²) in [7, 11) is 0. The Morgan fingerprint density at radius 2 is 1.92 bits per heavy atom. The lowest BCUT2D eigenvalue weighted by molar-refractivity contribution is -0.127. The van der Waals surface area contributed by atoms with Gasteiger partial charge in [-0.2, -0.15) is 0 Å². The van der Waals surface area contributed by atoms with Crippen molar-refractivity contribution in [1.82, 2.24) is 0 Å². The third kappa shape index (κ3) is 3.74. The van der Waals surface area contributed by atoms with Crippen molar-refractivity contribution in [2.24, 2.45) is 0 Å². The molecule has 1 unspecified atom stereocenters. The number of carbonyl (C=O) groups excluding carboxylic acids is 2. The molecule has 1 aliphatic rings. The van der Waals surface area contributed by atoms with Crippen molar-refractivity contribution in [3.63, 3.8) is 0 Å². The number of carbonyl (C=O) groups is 2. The van der Waals surface area contributed by atoms with E-state index in [2.05, 4.69) is 5.32 Å². The van der Waals surface area contributed by atoms with Gasteiger partial charge in [-0.15, -0.1) is 0 Å². The lowest BCUT2D eigenvalue weighted by Crippen LogP contribution is -2.47. The third-order valence-electron chi connectivity index (χ3n) is 3.82. The molecule has 0 radical (unpaired) electrons. The molecular weight excluding hydrogens is 320 g/mol. The molecule has 130 valence electrons. The highest BCUT2D eigenvalue weighted by molar-refractivity contribution is 6.06. The van der Waals surface area contributed by atoms with Gasteiger partial charge in [0, 0.05) is 5.69 Å². The molecule has 3 rings (SSSR count). The van der Waals surface area contributed by atoms with E-state index in [1.807, 2.05) is 19.1 Å². The van der Waals surface area contributed by atoms with Crippen LogP contribution in [0.25, 0.3) is 0 Å². The van der Waals surface area contributed by atoms with Gasteiger partial charge in [-0.1, -0.05) is 12.1 Å². The van der Waals surface area contributed by atoms with E-state index in [9.17, 15) is 9.59 Å². The number of benzene rings is 2. The Labute approximate surface area is 146 Å². The quantitative estimate of drug-likeness (QED) is 0.909. The summed E-state index contributed by atoms with van der Waals surface area (Å²) in [6, 6.07) is 14.3. The summed E-state index contributed by atoms with van der Waals surface area (Å²) in [6.07, 6.45) is -0.617. The predicted octanol–water partition coefficient (Wildman–Crippen LogP) is 2.84. The van der Waals surface area contributed by atoms with Crippen molar-refractivity contribution in [2.45, 2.75) is 20.0 Å². The molecular formula is C19H20N2O4. The highest BCUT2D eigenvalue weighted by atomic mass is 16.5. The Morgan fingerprint density at radius 3 is 2.64 bits per heavy atom. The number of hydrogen-bond donors (Lipinski definition) is 1. The molecule has 0 aliphatic carbocycles. The van der Waals surface area contributed by atoms with Gasteiger partial charge < -0.3 is 14.8 Å². The Morgan fingerprint density at radius 1 is 1.20 bits per heavy atom. The van der Waals surface area contributed by atoms with Crippen LogP contribution in [0.5, 0.6) is 11.5 Å². The fraction of sp³-hybridized carbons (Fsp3) is 0.263. The number of ether oxygens (including phenoxy) is 2. The SMILES string of the molecule is CCOc1ccc(NC(=O)CN2C(=O)C(C)Oc3ccccc32)cc1. The molecule has 2 amide bonds. The summed E-state index contributed by atoms with van der Waals surface area (Å²) in [6.45, 7) is 4.10. The molecule has 2 aromatic carbocycles. The molecule has 6 nitrogen and oxygen atoms in total. The van der Waals surface area contributed by atoms with Crippen molar-refractivity contribution in [1.29, 1.82) is 0 Å². The van der Waals surface area contributed by atoms with Gasteiger partial charge in [-0.05, 0) is 50.2 Å². The first-order valence-electron chi connectivity index (χ1n) is 8.18. The fourth-order valence-corrected chi connectivity index (χ4v) is 2.67. The van der Waals surface area contributed by atoms with Crippen LogP contribution < -0.4 is 19.7 Å². The van der Waals surface area contributed by atoms with Crippen LogP contribution >= 0.6 is 0 Å². The van der Waals surface area contributed by atoms with Crippen molar-refractivity contribution >= 4 is 23.2 Å². The van der Waals surface area contributed by atoms with Crippen LogP contribution in [0.4, 0.5) is 11.4 Å². The van der Waals surface area contributed by atoms with Crippen LogP contribution in [0, 0.1) is 0 Å². The summed E-state index contributed by atoms with van der Waals surface area (Å²) in [4.78, 5) is 26.2. The maximum Gasteiger partial charge on any atom is 0.268 e. The van der Waals surface area contributed by atoms with Crippen molar-refractivity contribution in [3.8, 4) is 11.5 Å². The molecule has 0 saturated heterocycles. The number of amides is 2. The van der Waals surface area contributed by atoms with Gasteiger partial charge in [0.25, 0.3) is 5.91 Å². The highest BCUT2D eigenvalue weighted by Crippen LogP contribution is 2.33. The zero-order valence-electron chi connectivity index (χ0n) is 14.2. The van der Waals surface area contributed by atoms with Crippen molar-refractivity contribution < 1.29 is 19.1 Å². The molecule has 25 heavy (non-hydrogen) atoms. The van der Waals surface area contributed by atoms with E-state index >= 15 is 0 Å². The molecule has 0 saturated carbocycles. The second-order valence-corrected chi connectivity index (χ2v) is 5.66. The monoisotopic (exact) mass is 340 g/mol. The topological polar surface area (TPSA) is 67.9 Å². The van der Waals surface area contributed by atoms with Crippen LogP contribution in [0.2, 0.25) is 0 Å². The molecule has 1 heterocycles. The summed E-state index contributed by atoms with van der Waals surface area (Å²) < 4.78 is 10.9. The molecule has 0 fully saturated rings. The van der Waals surface area contributed by atoms with Crippen LogP contribution in [0.1, 0.15) is 13.8 Å². The van der Waals surface area contributed by atoms with Gasteiger partial charge >= 0.3 is 0 Å². The normalized spacial score (nSPS) is 16.0. The van der Waals surface area contributed by atoms with E-state index in [1.165, 1.54) is 4.90 Å². The first-order valence-corrected chi connectivity index (χ1v) is 8.18. The van der Waals surface area contributed by atoms with Gasteiger partial charge in [0.1, 0.15) is 18.0 Å². The number of nitrogens with zero attached hydrogens (tertiary/aromatic N) is 1. The molecule has 1 aliphatic heterocycles. The minimum atomic E-state index is -0.617. The van der Waals surface area contributed by atoms with Gasteiger partial charge in [-0.3, -0.25) is 14.5 Å². The number of hydrogen-bond acceptors (Lipinski definition) is 4. The summed E-state index contributed by atoms with van der Waals surface area (Å²) in [5.41, 5.74) is 1.25. The first kappa shape index (κ1) is 16.8. The lowest BCUT2D eigenvalue weighted by atomic mass is 10.2. The average molecular weight is 340 g/mol. The number of fused-ring (bicyclic) bond motifs is 1. The van der Waals surface area contributed by atoms with Crippen LogP contribution in [-0.4, -0.2) is 31.1 Å². The molecule has 1 atom stereocenters. The number of anilines is 2. The van der Waals surface area contributed by atoms with E-state index < -0.39 is 6.10 Å². The zero-order chi connectivity index (χ0) is 17.8. The third-order valence-corrected chi connectivity index (χ3v) is 3.82. The Kier molecular flexibility index (Phi) is 4.88. The summed E-state index contributed by atoms with van der Waals surface area (Å²) >= 11 is 0. The molecule has 0 aromatic heterocycles. The summed E-state index contributed by atoms with van der Waals surface area (Å²) in [5, 5.41) is 2.80. The number of para-hydroxylation sites is 2. The zero-order valence-corrected chi connectivity index (χ0v) is 14.2. The smallest absolute Gasteiger partial charge is 0.268 e. The van der Waals surface area contributed by atoms with E-state index in [1.54, 1.807) is 43.3 Å². The van der Waals surface area contributed by atoms with E-state index in [4.69, 9.17) is 9.47 Å². The number of nitrogens with one attached hydrogen (secondary N) is 1. The van der Waals surface area contributed by atoms with Crippen LogP contribution in [0.15, 0.2) is 48.5 Å². The van der Waals surface area contributed by atoms with E-state index in [0.29, 0.717) is 23.7 Å². The first-order chi connectivity index (χ1) is 12.1. The van der Waals surface area contributed by atoms with E-state index in [-0.39, 0.29) is 18.4 Å². The lowest BCUT2D eigenvalue weighted by Gasteiger charge is -2.32. The van der Waals surface area contributed by atoms with Gasteiger partial charge in [0.05, 0.1) is 12.3 Å². The number of rotatable bonds is 5. The van der Waals surface area contributed by atoms with E-state index in [0.717, 1.165) is 5.75 Å². The van der Waals surface area contributed by atoms with Crippen LogP contribution in [-0.2, 0) is 9.59 Å². The molecule has 0 spiro atoms. The molecule has 1 N–H and O–H groups in total. The predicted molar refractivity (Wildman–Crippen MR) is 95.1 cm³/mol. The van der Waals surface area contributed by atoms with Crippen molar-refractivity contribution in [3.05, 3.63) is 48.5 Å². The second kappa shape index (κ2) is 7.25. The van der Waals surface area contributed by atoms with Gasteiger partial charge in [0.15, 0.2) is 6.10 Å². The van der Waals surface area contributed by atoms with Crippen molar-refractivity contribution in [2.75, 3.05) is 23.4 Å². The Bertz CT molecular complexity index is 773. The summed E-state index contributed by atoms with van der Waals surface area (Å²) in [5.74, 6) is 0.831. The maximum absolute atomic E-state index is 12.4. The molecule has 2 aromatic rings. The van der Waals surface area contributed by atoms with Crippen LogP contribution in [0.3, 0.4) is 0 Å². The Balaban J connectivity index is 1.70.